The van der Waals surface area contributed by atoms with Gasteiger partial charge in [0.15, 0.2) is 0 Å². The van der Waals surface area contributed by atoms with Crippen molar-refractivity contribution in [3.8, 4) is 17.3 Å². The van der Waals surface area contributed by atoms with Gasteiger partial charge in [0.05, 0.1) is 11.8 Å². The quantitative estimate of drug-likeness (QED) is 0.681. The summed E-state index contributed by atoms with van der Waals surface area (Å²) in [5, 5.41) is 9.83. The Morgan fingerprint density at radius 2 is 2.25 bits per heavy atom. The standard InChI is InChI=1S/C17H18N6O/c1-2-3-7-23(8-5-18)17(24)14-9-12(10-20-14)15-13-4-6-19-16(13)22-11-21-15/h4,6,9-11,20H,2-3,7-8H2,1H3,(H,19,21,22). The summed E-state index contributed by atoms with van der Waals surface area (Å²) in [5.74, 6) is -0.171. The van der Waals surface area contributed by atoms with E-state index in [1.54, 1.807) is 23.4 Å². The Hall–Kier alpha value is -3.14. The average molecular weight is 322 g/mol. The molecule has 122 valence electrons. The number of nitriles is 1. The second kappa shape index (κ2) is 6.96. The molecule has 0 saturated heterocycles. The van der Waals surface area contributed by atoms with Gasteiger partial charge in [-0.05, 0) is 18.6 Å². The molecular formula is C17H18N6O. The molecule has 0 aromatic carbocycles. The van der Waals surface area contributed by atoms with Crippen LogP contribution in [0, 0.1) is 11.3 Å². The second-order valence-corrected chi connectivity index (χ2v) is 5.50. The highest BCUT2D eigenvalue weighted by Gasteiger charge is 2.18. The predicted octanol–water partition coefficient (Wildman–Crippen LogP) is 2.72. The zero-order chi connectivity index (χ0) is 16.9. The van der Waals surface area contributed by atoms with Gasteiger partial charge in [-0.25, -0.2) is 9.97 Å². The number of nitrogens with one attached hydrogen (secondary N) is 2. The fourth-order valence-electron chi connectivity index (χ4n) is 2.61. The van der Waals surface area contributed by atoms with Crippen molar-refractivity contribution >= 4 is 16.9 Å². The van der Waals surface area contributed by atoms with Gasteiger partial charge < -0.3 is 14.9 Å². The number of carbonyl (C=O) groups is 1. The van der Waals surface area contributed by atoms with Crippen molar-refractivity contribution in [2.24, 2.45) is 0 Å². The third kappa shape index (κ3) is 2.99. The van der Waals surface area contributed by atoms with Gasteiger partial charge in [-0.2, -0.15) is 5.26 Å². The Morgan fingerprint density at radius 3 is 3.04 bits per heavy atom. The smallest absolute Gasteiger partial charge is 0.271 e. The van der Waals surface area contributed by atoms with Gasteiger partial charge in [-0.1, -0.05) is 13.3 Å². The molecule has 0 atom stereocenters. The largest absolute Gasteiger partial charge is 0.357 e. The minimum absolute atomic E-state index is 0.0861. The monoisotopic (exact) mass is 322 g/mol. The molecule has 0 aliphatic heterocycles. The number of fused-ring (bicyclic) bond motifs is 1. The van der Waals surface area contributed by atoms with E-state index < -0.39 is 0 Å². The van der Waals surface area contributed by atoms with Crippen LogP contribution in [0.3, 0.4) is 0 Å². The van der Waals surface area contributed by atoms with E-state index >= 15 is 0 Å². The number of aromatic amines is 2. The Bertz CT molecular complexity index is 888. The molecule has 0 bridgehead atoms. The van der Waals surface area contributed by atoms with Crippen molar-refractivity contribution in [3.63, 3.8) is 0 Å². The van der Waals surface area contributed by atoms with Crippen LogP contribution >= 0.6 is 0 Å². The fraction of sp³-hybridized carbons (Fsp3) is 0.294. The molecule has 0 aliphatic carbocycles. The first-order valence-electron chi connectivity index (χ1n) is 7.87. The van der Waals surface area contributed by atoms with Crippen molar-refractivity contribution in [1.82, 2.24) is 24.8 Å². The first-order chi connectivity index (χ1) is 11.7. The van der Waals surface area contributed by atoms with E-state index in [0.717, 1.165) is 35.1 Å². The van der Waals surface area contributed by atoms with Crippen LogP contribution in [0.2, 0.25) is 0 Å². The van der Waals surface area contributed by atoms with E-state index in [1.165, 1.54) is 6.33 Å². The summed E-state index contributed by atoms with van der Waals surface area (Å²) in [7, 11) is 0. The lowest BCUT2D eigenvalue weighted by Crippen LogP contribution is -2.32. The van der Waals surface area contributed by atoms with Crippen molar-refractivity contribution in [1.29, 1.82) is 5.26 Å². The van der Waals surface area contributed by atoms with Gasteiger partial charge in [-0.15, -0.1) is 0 Å². The molecule has 0 saturated carbocycles. The SMILES string of the molecule is CCCCN(CC#N)C(=O)c1cc(-c2ncnc3[nH]ccc23)c[nH]1. The first kappa shape index (κ1) is 15.7. The van der Waals surface area contributed by atoms with Crippen molar-refractivity contribution in [2.75, 3.05) is 13.1 Å². The highest BCUT2D eigenvalue weighted by Crippen LogP contribution is 2.25. The minimum Gasteiger partial charge on any atom is -0.357 e. The highest BCUT2D eigenvalue weighted by molar-refractivity contribution is 5.96. The maximum atomic E-state index is 12.6. The van der Waals surface area contributed by atoms with Gasteiger partial charge in [-0.3, -0.25) is 4.79 Å². The topological polar surface area (TPSA) is 101 Å². The molecule has 1 amide bonds. The van der Waals surface area contributed by atoms with Gasteiger partial charge >= 0.3 is 0 Å². The van der Waals surface area contributed by atoms with E-state index in [0.29, 0.717) is 12.2 Å². The summed E-state index contributed by atoms with van der Waals surface area (Å²) < 4.78 is 0. The minimum atomic E-state index is -0.171. The molecule has 0 unspecified atom stereocenters. The number of H-pyrrole nitrogens is 2. The third-order valence-corrected chi connectivity index (χ3v) is 3.87. The van der Waals surface area contributed by atoms with E-state index in [4.69, 9.17) is 5.26 Å². The number of aromatic nitrogens is 4. The number of unbranched alkanes of at least 4 members (excludes halogenated alkanes) is 1. The van der Waals surface area contributed by atoms with Gasteiger partial charge in [0, 0.05) is 29.9 Å². The van der Waals surface area contributed by atoms with Crippen LogP contribution in [0.4, 0.5) is 0 Å². The summed E-state index contributed by atoms with van der Waals surface area (Å²) in [6.07, 6.45) is 6.90. The molecule has 24 heavy (non-hydrogen) atoms. The number of amides is 1. The molecule has 0 radical (unpaired) electrons. The van der Waals surface area contributed by atoms with Crippen LogP contribution in [-0.4, -0.2) is 43.8 Å². The van der Waals surface area contributed by atoms with Crippen molar-refractivity contribution in [3.05, 3.63) is 36.5 Å². The molecule has 7 nitrogen and oxygen atoms in total. The fourth-order valence-corrected chi connectivity index (χ4v) is 2.61. The van der Waals surface area contributed by atoms with Crippen LogP contribution < -0.4 is 0 Å². The van der Waals surface area contributed by atoms with Crippen molar-refractivity contribution < 1.29 is 4.79 Å². The average Bonchev–Trinajstić information content (AvgIpc) is 3.26. The maximum absolute atomic E-state index is 12.6. The van der Waals surface area contributed by atoms with Crippen LogP contribution in [-0.2, 0) is 0 Å². The van der Waals surface area contributed by atoms with Crippen LogP contribution in [0.15, 0.2) is 30.9 Å². The summed E-state index contributed by atoms with van der Waals surface area (Å²) in [5.41, 5.74) is 2.79. The summed E-state index contributed by atoms with van der Waals surface area (Å²) in [4.78, 5) is 28.7. The molecule has 0 spiro atoms. The Morgan fingerprint density at radius 1 is 1.38 bits per heavy atom. The lowest BCUT2D eigenvalue weighted by Gasteiger charge is -2.18. The van der Waals surface area contributed by atoms with Gasteiger partial charge in [0.1, 0.15) is 24.2 Å². The van der Waals surface area contributed by atoms with Gasteiger partial charge in [0.2, 0.25) is 0 Å². The maximum Gasteiger partial charge on any atom is 0.271 e. The number of nitrogens with zero attached hydrogens (tertiary/aromatic N) is 4. The van der Waals surface area contributed by atoms with Gasteiger partial charge in [0.25, 0.3) is 5.91 Å². The van der Waals surface area contributed by atoms with Crippen LogP contribution in [0.25, 0.3) is 22.3 Å². The lowest BCUT2D eigenvalue weighted by atomic mass is 10.1. The number of rotatable bonds is 6. The Labute approximate surface area is 139 Å². The van der Waals surface area contributed by atoms with E-state index in [1.807, 2.05) is 6.07 Å². The molecule has 2 N–H and O–H groups in total. The Kier molecular flexibility index (Phi) is 4.57. The van der Waals surface area contributed by atoms with Crippen LogP contribution in [0.1, 0.15) is 30.3 Å². The third-order valence-electron chi connectivity index (χ3n) is 3.87. The zero-order valence-electron chi connectivity index (χ0n) is 13.4. The molecule has 3 rings (SSSR count). The molecule has 0 aliphatic rings. The summed E-state index contributed by atoms with van der Waals surface area (Å²) in [6, 6.07) is 5.73. The van der Waals surface area contributed by atoms with E-state index in [-0.39, 0.29) is 12.5 Å². The highest BCUT2D eigenvalue weighted by atomic mass is 16.2. The predicted molar refractivity (Wildman–Crippen MR) is 90.1 cm³/mol. The van der Waals surface area contributed by atoms with E-state index in [2.05, 4.69) is 32.9 Å². The molecule has 3 aromatic heterocycles. The molecular weight excluding hydrogens is 304 g/mol. The van der Waals surface area contributed by atoms with Crippen molar-refractivity contribution in [2.45, 2.75) is 19.8 Å². The lowest BCUT2D eigenvalue weighted by molar-refractivity contribution is 0.0769. The molecule has 0 fully saturated rings. The first-order valence-corrected chi connectivity index (χ1v) is 7.87. The number of carbonyl (C=O) groups excluding carboxylic acids is 1. The summed E-state index contributed by atoms with van der Waals surface area (Å²) >= 11 is 0. The second-order valence-electron chi connectivity index (χ2n) is 5.50. The number of hydrogen-bond donors (Lipinski definition) is 2. The normalized spacial score (nSPS) is 10.7. The molecule has 7 heteroatoms. The summed E-state index contributed by atoms with van der Waals surface area (Å²) in [6.45, 7) is 2.72. The Balaban J connectivity index is 1.88. The van der Waals surface area contributed by atoms with E-state index in [9.17, 15) is 4.79 Å². The van der Waals surface area contributed by atoms with Crippen LogP contribution in [0.5, 0.6) is 0 Å². The zero-order valence-corrected chi connectivity index (χ0v) is 13.4. The molecule has 3 aromatic rings. The molecule has 3 heterocycles. The number of hydrogen-bond acceptors (Lipinski definition) is 4.